The average Bonchev–Trinajstić information content (AvgIpc) is 1.73. The van der Waals surface area contributed by atoms with Crippen LogP contribution < -0.4 is 0 Å². The molecule has 0 spiro atoms. The summed E-state index contributed by atoms with van der Waals surface area (Å²) in [5, 5.41) is 0. The van der Waals surface area contributed by atoms with Gasteiger partial charge in [-0.2, -0.15) is 16.8 Å². The molecule has 0 amide bonds. The topological polar surface area (TPSA) is 96.0 Å². The highest BCUT2D eigenvalue weighted by Crippen LogP contribution is 2.09. The van der Waals surface area contributed by atoms with Crippen molar-refractivity contribution in [3.63, 3.8) is 0 Å². The molecule has 0 aromatic carbocycles. The highest BCUT2D eigenvalue weighted by Gasteiger charge is 2.26. The fourth-order valence-corrected chi connectivity index (χ4v) is 2.62. The van der Waals surface area contributed by atoms with Gasteiger partial charge in [-0.15, -0.1) is 3.63 Å². The summed E-state index contributed by atoms with van der Waals surface area (Å²) in [5.74, 6) is 0. The normalized spacial score (nSPS) is 13.7. The summed E-state index contributed by atoms with van der Waals surface area (Å²) < 4.78 is 56.0. The third-order valence-electron chi connectivity index (χ3n) is 0.787. The molecule has 92 valence electrons. The molecule has 0 saturated heterocycles. The predicted molar refractivity (Wildman–Crippen MR) is 51.4 cm³/mol. The Morgan fingerprint density at radius 2 is 1.00 bits per heavy atom. The van der Waals surface area contributed by atoms with Crippen LogP contribution >= 0.6 is 0 Å². The van der Waals surface area contributed by atoms with E-state index < -0.39 is 33.0 Å². The maximum atomic E-state index is 10.9. The first-order chi connectivity index (χ1) is 6.54. The molecule has 0 aliphatic rings. The molecule has 0 atom stereocenters. The molecule has 9 heteroatoms. The van der Waals surface area contributed by atoms with Gasteiger partial charge in [0.25, 0.3) is 0 Å². The molecule has 0 radical (unpaired) electrons. The zero-order chi connectivity index (χ0) is 12.3. The van der Waals surface area contributed by atoms with E-state index in [1.54, 1.807) is 0 Å². The number of hydrogen-bond donors (Lipinski definition) is 0. The second-order valence-electron chi connectivity index (χ2n) is 3.17. The molecule has 7 nitrogen and oxygen atoms in total. The van der Waals surface area contributed by atoms with Gasteiger partial charge in [-0.05, 0) is 27.7 Å². The van der Waals surface area contributed by atoms with Gasteiger partial charge in [-0.25, -0.2) is 8.37 Å². The lowest BCUT2D eigenvalue weighted by molar-refractivity contribution is 0.188. The third kappa shape index (κ3) is 7.68. The van der Waals surface area contributed by atoms with E-state index in [0.717, 1.165) is 0 Å². The second kappa shape index (κ2) is 5.21. The fourth-order valence-electron chi connectivity index (χ4n) is 0.606. The third-order valence-corrected chi connectivity index (χ3v) is 3.36. The Morgan fingerprint density at radius 1 is 0.733 bits per heavy atom. The first-order valence-electron chi connectivity index (χ1n) is 4.11. The van der Waals surface area contributed by atoms with E-state index in [1.807, 2.05) is 0 Å². The monoisotopic (exact) mass is 262 g/mol. The van der Waals surface area contributed by atoms with Crippen molar-refractivity contribution in [1.29, 1.82) is 0 Å². The van der Waals surface area contributed by atoms with Crippen molar-refractivity contribution < 1.29 is 28.8 Å². The van der Waals surface area contributed by atoms with Crippen LogP contribution in [0.2, 0.25) is 0 Å². The van der Waals surface area contributed by atoms with E-state index in [-0.39, 0.29) is 0 Å². The summed E-state index contributed by atoms with van der Waals surface area (Å²) in [5.41, 5.74) is 0. The van der Waals surface area contributed by atoms with Gasteiger partial charge >= 0.3 is 20.8 Å². The Morgan fingerprint density at radius 3 is 1.20 bits per heavy atom. The summed E-state index contributed by atoms with van der Waals surface area (Å²) in [4.78, 5) is 0. The van der Waals surface area contributed by atoms with E-state index in [1.165, 1.54) is 27.7 Å². The van der Waals surface area contributed by atoms with Crippen LogP contribution in [0.25, 0.3) is 0 Å². The number of rotatable bonds is 6. The molecule has 0 aliphatic carbocycles. The minimum atomic E-state index is -4.60. The molecule has 0 aromatic heterocycles. The highest BCUT2D eigenvalue weighted by molar-refractivity contribution is 7.95. The Hall–Kier alpha value is -0.220. The van der Waals surface area contributed by atoms with E-state index in [0.29, 0.717) is 0 Å². The SMILES string of the molecule is CC(C)OS(=O)(=O)OS(=O)(=O)OC(C)C. The van der Waals surface area contributed by atoms with Gasteiger partial charge in [0, 0.05) is 0 Å². The molecule has 0 bridgehead atoms. The molecule has 0 fully saturated rings. The first kappa shape index (κ1) is 14.8. The maximum absolute atomic E-state index is 10.9. The lowest BCUT2D eigenvalue weighted by atomic mass is 10.5. The maximum Gasteiger partial charge on any atom is 0.416 e. The lowest BCUT2D eigenvalue weighted by Gasteiger charge is -2.09. The van der Waals surface area contributed by atoms with Crippen LogP contribution in [0.15, 0.2) is 0 Å². The van der Waals surface area contributed by atoms with E-state index >= 15 is 0 Å². The van der Waals surface area contributed by atoms with Gasteiger partial charge < -0.3 is 0 Å². The van der Waals surface area contributed by atoms with Gasteiger partial charge in [0.2, 0.25) is 0 Å². The van der Waals surface area contributed by atoms with Crippen molar-refractivity contribution in [2.45, 2.75) is 39.9 Å². The molecule has 0 heterocycles. The zero-order valence-corrected chi connectivity index (χ0v) is 10.5. The predicted octanol–water partition coefficient (Wildman–Crippen LogP) is 0.343. The Kier molecular flexibility index (Phi) is 5.14. The Bertz CT molecular complexity index is 340. The standard InChI is InChI=1S/C6H14O7S2/c1-5(2)11-14(7,8)13-15(9,10)12-6(3)4/h5-6H,1-4H3. The van der Waals surface area contributed by atoms with Crippen LogP contribution in [0.3, 0.4) is 0 Å². The fraction of sp³-hybridized carbons (Fsp3) is 1.00. The van der Waals surface area contributed by atoms with Gasteiger partial charge in [0.1, 0.15) is 0 Å². The Balaban J connectivity index is 4.60. The number of hydrogen-bond acceptors (Lipinski definition) is 7. The van der Waals surface area contributed by atoms with E-state index in [2.05, 4.69) is 12.0 Å². The van der Waals surface area contributed by atoms with Crippen LogP contribution in [0.5, 0.6) is 0 Å². The summed E-state index contributed by atoms with van der Waals surface area (Å²) >= 11 is 0. The van der Waals surface area contributed by atoms with Crippen LogP contribution in [-0.4, -0.2) is 29.0 Å². The molecule has 0 saturated carbocycles. The molecule has 0 aromatic rings. The lowest BCUT2D eigenvalue weighted by Crippen LogP contribution is -2.22. The van der Waals surface area contributed by atoms with Crippen LogP contribution in [0.1, 0.15) is 27.7 Å². The second-order valence-corrected chi connectivity index (χ2v) is 5.74. The van der Waals surface area contributed by atoms with Crippen LogP contribution in [0.4, 0.5) is 0 Å². The van der Waals surface area contributed by atoms with Gasteiger partial charge in [0.15, 0.2) is 0 Å². The van der Waals surface area contributed by atoms with Gasteiger partial charge in [0.05, 0.1) is 12.2 Å². The quantitative estimate of drug-likeness (QED) is 0.681. The average molecular weight is 262 g/mol. The summed E-state index contributed by atoms with van der Waals surface area (Å²) in [6.45, 7) is 5.65. The first-order valence-corrected chi connectivity index (χ1v) is 6.78. The highest BCUT2D eigenvalue weighted by atomic mass is 32.3. The largest absolute Gasteiger partial charge is 0.416 e. The van der Waals surface area contributed by atoms with Crippen molar-refractivity contribution in [3.05, 3.63) is 0 Å². The minimum Gasteiger partial charge on any atom is -0.245 e. The van der Waals surface area contributed by atoms with E-state index in [4.69, 9.17) is 0 Å². The molecule has 0 N–H and O–H groups in total. The van der Waals surface area contributed by atoms with Crippen molar-refractivity contribution in [1.82, 2.24) is 0 Å². The molecule has 0 rings (SSSR count). The molecular formula is C6H14O7S2. The van der Waals surface area contributed by atoms with Crippen LogP contribution in [-0.2, 0) is 32.8 Å². The smallest absolute Gasteiger partial charge is 0.245 e. The minimum absolute atomic E-state index is 0.718. The van der Waals surface area contributed by atoms with Crippen molar-refractivity contribution in [2.75, 3.05) is 0 Å². The summed E-state index contributed by atoms with van der Waals surface area (Å²) in [6.07, 6.45) is -1.44. The van der Waals surface area contributed by atoms with Crippen molar-refractivity contribution in [3.8, 4) is 0 Å². The summed E-state index contributed by atoms with van der Waals surface area (Å²) in [6, 6.07) is 0. The van der Waals surface area contributed by atoms with Crippen molar-refractivity contribution >= 4 is 20.8 Å². The van der Waals surface area contributed by atoms with Gasteiger partial charge in [-0.3, -0.25) is 0 Å². The van der Waals surface area contributed by atoms with Gasteiger partial charge in [-0.1, -0.05) is 0 Å². The summed E-state index contributed by atoms with van der Waals surface area (Å²) in [7, 11) is -9.19. The molecular weight excluding hydrogens is 248 g/mol. The molecule has 0 unspecified atom stereocenters. The molecule has 0 aliphatic heterocycles. The van der Waals surface area contributed by atoms with Crippen molar-refractivity contribution in [2.24, 2.45) is 0 Å². The van der Waals surface area contributed by atoms with E-state index in [9.17, 15) is 16.8 Å². The zero-order valence-electron chi connectivity index (χ0n) is 8.83. The molecule has 15 heavy (non-hydrogen) atoms. The Labute approximate surface area is 90.0 Å². The van der Waals surface area contributed by atoms with Crippen LogP contribution in [0, 0.1) is 0 Å².